The molecule has 0 spiro atoms. The summed E-state index contributed by atoms with van der Waals surface area (Å²) in [5.41, 5.74) is 1.09. The van der Waals surface area contributed by atoms with Crippen LogP contribution in [0.4, 0.5) is 11.6 Å². The van der Waals surface area contributed by atoms with Crippen molar-refractivity contribution in [2.45, 2.75) is 19.9 Å². The Balaban J connectivity index is 1.84. The van der Waals surface area contributed by atoms with Crippen molar-refractivity contribution in [2.75, 3.05) is 43.6 Å². The molecule has 0 aliphatic carbocycles. The lowest BCUT2D eigenvalue weighted by atomic mass is 10.3. The molecule has 0 atom stereocenters. The van der Waals surface area contributed by atoms with E-state index in [-0.39, 0.29) is 18.0 Å². The highest BCUT2D eigenvalue weighted by Crippen LogP contribution is 2.17. The van der Waals surface area contributed by atoms with Crippen molar-refractivity contribution in [2.24, 2.45) is 0 Å². The third kappa shape index (κ3) is 4.65. The van der Waals surface area contributed by atoms with Crippen LogP contribution in [0.2, 0.25) is 0 Å². The summed E-state index contributed by atoms with van der Waals surface area (Å²) in [6.45, 7) is 4.25. The van der Waals surface area contributed by atoms with E-state index in [1.165, 1.54) is 10.6 Å². The van der Waals surface area contributed by atoms with E-state index < -0.39 is 0 Å². The first-order valence-electron chi connectivity index (χ1n) is 8.98. The molecule has 0 unspecified atom stereocenters. The first-order chi connectivity index (χ1) is 13.1. The number of benzene rings is 1. The van der Waals surface area contributed by atoms with E-state index in [1.54, 1.807) is 31.4 Å². The maximum absolute atomic E-state index is 12.6. The smallest absolute Gasteiger partial charge is 0.255 e. The first kappa shape index (κ1) is 18.9. The molecular weight excluding hydrogens is 348 g/mol. The molecule has 1 aliphatic rings. The van der Waals surface area contributed by atoms with E-state index in [4.69, 9.17) is 9.47 Å². The van der Waals surface area contributed by atoms with Gasteiger partial charge in [0, 0.05) is 36.6 Å². The molecule has 2 aromatic rings. The van der Waals surface area contributed by atoms with E-state index in [1.807, 2.05) is 11.8 Å². The predicted octanol–water partition coefficient (Wildman–Crippen LogP) is 1.29. The third-order valence-corrected chi connectivity index (χ3v) is 4.35. The maximum atomic E-state index is 12.6. The zero-order chi connectivity index (χ0) is 19.2. The number of hydrogen-bond acceptors (Lipinski definition) is 6. The van der Waals surface area contributed by atoms with Crippen molar-refractivity contribution < 1.29 is 14.3 Å². The lowest BCUT2D eigenvalue weighted by molar-refractivity contribution is -0.116. The molecule has 1 fully saturated rings. The normalized spacial score (nSPS) is 14.1. The van der Waals surface area contributed by atoms with E-state index in [0.29, 0.717) is 55.8 Å². The number of amides is 1. The van der Waals surface area contributed by atoms with Gasteiger partial charge in [-0.05, 0) is 18.6 Å². The van der Waals surface area contributed by atoms with Crippen LogP contribution >= 0.6 is 0 Å². The van der Waals surface area contributed by atoms with E-state index in [0.717, 1.165) is 0 Å². The Labute approximate surface area is 157 Å². The second-order valence-electron chi connectivity index (χ2n) is 6.20. The van der Waals surface area contributed by atoms with Gasteiger partial charge in [-0.25, -0.2) is 4.98 Å². The fourth-order valence-corrected chi connectivity index (χ4v) is 2.92. The zero-order valence-corrected chi connectivity index (χ0v) is 15.6. The molecule has 1 amide bonds. The summed E-state index contributed by atoms with van der Waals surface area (Å²) >= 11 is 0. The van der Waals surface area contributed by atoms with Gasteiger partial charge in [0.05, 0.1) is 20.3 Å². The number of aryl methyl sites for hydroxylation is 1. The Hall–Kier alpha value is -2.87. The fraction of sp³-hybridized carbons (Fsp3) is 0.421. The quantitative estimate of drug-likeness (QED) is 0.822. The Morgan fingerprint density at radius 1 is 1.30 bits per heavy atom. The molecule has 8 heteroatoms. The fourth-order valence-electron chi connectivity index (χ4n) is 2.92. The average molecular weight is 372 g/mol. The molecule has 1 aromatic carbocycles. The molecule has 0 radical (unpaired) electrons. The third-order valence-electron chi connectivity index (χ3n) is 4.35. The van der Waals surface area contributed by atoms with Gasteiger partial charge in [-0.3, -0.25) is 14.2 Å². The molecule has 0 saturated carbocycles. The second-order valence-corrected chi connectivity index (χ2v) is 6.20. The summed E-state index contributed by atoms with van der Waals surface area (Å²) < 4.78 is 12.0. The van der Waals surface area contributed by atoms with Crippen molar-refractivity contribution in [3.05, 3.63) is 46.4 Å². The summed E-state index contributed by atoms with van der Waals surface area (Å²) in [6.07, 6.45) is 0.656. The number of anilines is 2. The van der Waals surface area contributed by atoms with Gasteiger partial charge in [0.25, 0.3) is 5.56 Å². The molecule has 8 nitrogen and oxygen atoms in total. The molecule has 0 bridgehead atoms. The number of rotatable bonds is 6. The van der Waals surface area contributed by atoms with Gasteiger partial charge in [0.1, 0.15) is 12.3 Å². The van der Waals surface area contributed by atoms with Crippen LogP contribution in [0.15, 0.2) is 35.1 Å². The number of methoxy groups -OCH3 is 1. The molecule has 1 N–H and O–H groups in total. The maximum Gasteiger partial charge on any atom is 0.255 e. The topological polar surface area (TPSA) is 85.7 Å². The predicted molar refractivity (Wildman–Crippen MR) is 103 cm³/mol. The summed E-state index contributed by atoms with van der Waals surface area (Å²) in [5.74, 6) is 0.863. The molecule has 1 saturated heterocycles. The average Bonchev–Trinajstić information content (AvgIpc) is 2.70. The van der Waals surface area contributed by atoms with Gasteiger partial charge in [0.2, 0.25) is 11.9 Å². The first-order valence-corrected chi connectivity index (χ1v) is 8.98. The second kappa shape index (κ2) is 8.68. The number of nitrogens with zero attached hydrogens (tertiary/aromatic N) is 3. The summed E-state index contributed by atoms with van der Waals surface area (Å²) in [6, 6.07) is 8.57. The molecule has 144 valence electrons. The van der Waals surface area contributed by atoms with Gasteiger partial charge in [0.15, 0.2) is 0 Å². The van der Waals surface area contributed by atoms with Gasteiger partial charge in [-0.1, -0.05) is 13.0 Å². The Morgan fingerprint density at radius 2 is 2.07 bits per heavy atom. The van der Waals surface area contributed by atoms with Crippen LogP contribution in [-0.4, -0.2) is 48.9 Å². The monoisotopic (exact) mass is 372 g/mol. The van der Waals surface area contributed by atoms with Gasteiger partial charge in [-0.2, -0.15) is 0 Å². The van der Waals surface area contributed by atoms with E-state index in [2.05, 4.69) is 10.3 Å². The Morgan fingerprint density at radius 3 is 2.78 bits per heavy atom. The van der Waals surface area contributed by atoms with Gasteiger partial charge < -0.3 is 19.7 Å². The van der Waals surface area contributed by atoms with Gasteiger partial charge in [-0.15, -0.1) is 0 Å². The number of nitrogens with one attached hydrogen (secondary N) is 1. The van der Waals surface area contributed by atoms with Crippen LogP contribution in [0.1, 0.15) is 12.6 Å². The molecule has 3 rings (SSSR count). The number of carbonyl (C=O) groups is 1. The summed E-state index contributed by atoms with van der Waals surface area (Å²) in [7, 11) is 1.57. The zero-order valence-electron chi connectivity index (χ0n) is 15.6. The van der Waals surface area contributed by atoms with Gasteiger partial charge >= 0.3 is 0 Å². The largest absolute Gasteiger partial charge is 0.497 e. The number of hydrogen-bond donors (Lipinski definition) is 1. The van der Waals surface area contributed by atoms with Crippen molar-refractivity contribution >= 4 is 17.5 Å². The standard InChI is InChI=1S/C19H24N4O4/c1-3-14-12-18(25)23(19(21-14)22-7-9-27-10-8-22)13-17(24)20-15-5-4-6-16(11-15)26-2/h4-6,11-12H,3,7-10,13H2,1-2H3,(H,20,24). The van der Waals surface area contributed by atoms with Crippen molar-refractivity contribution in [1.29, 1.82) is 0 Å². The Bertz CT molecular complexity index is 859. The van der Waals surface area contributed by atoms with Crippen LogP contribution in [0.3, 0.4) is 0 Å². The Kier molecular flexibility index (Phi) is 6.08. The SMILES string of the molecule is CCc1cc(=O)n(CC(=O)Nc2cccc(OC)c2)c(N2CCOCC2)n1. The highest BCUT2D eigenvalue weighted by Gasteiger charge is 2.20. The highest BCUT2D eigenvalue weighted by atomic mass is 16.5. The minimum absolute atomic E-state index is 0.111. The molecule has 1 aromatic heterocycles. The van der Waals surface area contributed by atoms with Crippen molar-refractivity contribution in [1.82, 2.24) is 9.55 Å². The van der Waals surface area contributed by atoms with Crippen LogP contribution in [0.5, 0.6) is 5.75 Å². The minimum Gasteiger partial charge on any atom is -0.497 e. The number of ether oxygens (including phenoxy) is 2. The number of carbonyl (C=O) groups excluding carboxylic acids is 1. The van der Waals surface area contributed by atoms with Crippen LogP contribution < -0.4 is 20.5 Å². The van der Waals surface area contributed by atoms with Crippen molar-refractivity contribution in [3.63, 3.8) is 0 Å². The lowest BCUT2D eigenvalue weighted by Crippen LogP contribution is -2.42. The van der Waals surface area contributed by atoms with E-state index >= 15 is 0 Å². The van der Waals surface area contributed by atoms with Crippen LogP contribution in [-0.2, 0) is 22.5 Å². The molecule has 1 aliphatic heterocycles. The highest BCUT2D eigenvalue weighted by molar-refractivity contribution is 5.90. The minimum atomic E-state index is -0.300. The molecular formula is C19H24N4O4. The number of morpholine rings is 1. The molecule has 27 heavy (non-hydrogen) atoms. The summed E-state index contributed by atoms with van der Waals surface area (Å²) in [4.78, 5) is 31.7. The van der Waals surface area contributed by atoms with Crippen molar-refractivity contribution in [3.8, 4) is 5.75 Å². The number of aromatic nitrogens is 2. The van der Waals surface area contributed by atoms with Crippen LogP contribution in [0.25, 0.3) is 0 Å². The molecule has 2 heterocycles. The van der Waals surface area contributed by atoms with Crippen LogP contribution in [0, 0.1) is 0 Å². The summed E-state index contributed by atoms with van der Waals surface area (Å²) in [5, 5.41) is 2.80. The lowest BCUT2D eigenvalue weighted by Gasteiger charge is -2.29. The van der Waals surface area contributed by atoms with E-state index in [9.17, 15) is 9.59 Å².